The summed E-state index contributed by atoms with van der Waals surface area (Å²) in [4.78, 5) is 2.46. The Bertz CT molecular complexity index is 376. The van der Waals surface area contributed by atoms with Crippen molar-refractivity contribution in [2.24, 2.45) is 0 Å². The molecule has 1 aromatic rings. The number of hydrogen-bond donors (Lipinski definition) is 0. The number of benzene rings is 1. The fourth-order valence-electron chi connectivity index (χ4n) is 2.28. The van der Waals surface area contributed by atoms with Gasteiger partial charge in [-0.05, 0) is 30.5 Å². The van der Waals surface area contributed by atoms with E-state index in [-0.39, 0.29) is 0 Å². The summed E-state index contributed by atoms with van der Waals surface area (Å²) in [6, 6.07) is 6.49. The van der Waals surface area contributed by atoms with E-state index in [4.69, 9.17) is 4.74 Å². The predicted molar refractivity (Wildman–Crippen MR) is 79.0 cm³/mol. The summed E-state index contributed by atoms with van der Waals surface area (Å²) in [7, 11) is 1.81. The largest absolute Gasteiger partial charge is 0.381 e. The Hall–Kier alpha value is -0.0600. The van der Waals surface area contributed by atoms with Crippen LogP contribution in [0.1, 0.15) is 18.4 Å². The lowest BCUT2D eigenvalue weighted by atomic mass is 10.1. The number of anilines is 1. The lowest BCUT2D eigenvalue weighted by molar-refractivity contribution is 0.0819. The van der Waals surface area contributed by atoms with Gasteiger partial charge in [0.15, 0.2) is 0 Å². The molecule has 1 aliphatic heterocycles. The number of alkyl halides is 1. The summed E-state index contributed by atoms with van der Waals surface area (Å²) < 4.78 is 6.55. The van der Waals surface area contributed by atoms with Crippen LogP contribution >= 0.6 is 31.9 Å². The molecule has 1 aromatic carbocycles. The smallest absolute Gasteiger partial charge is 0.0605 e. The Balaban J connectivity index is 2.14. The molecule has 2 rings (SSSR count). The molecule has 1 fully saturated rings. The third kappa shape index (κ3) is 3.24. The highest BCUT2D eigenvalue weighted by Gasteiger charge is 2.20. The van der Waals surface area contributed by atoms with Crippen molar-refractivity contribution in [1.82, 2.24) is 0 Å². The molecule has 0 unspecified atom stereocenters. The molecular weight excluding hydrogens is 346 g/mol. The van der Waals surface area contributed by atoms with Gasteiger partial charge in [0.2, 0.25) is 0 Å². The summed E-state index contributed by atoms with van der Waals surface area (Å²) in [5, 5.41) is 0.903. The lowest BCUT2D eigenvalue weighted by Crippen LogP contribution is -2.37. The standard InChI is InChI=1S/C13H17Br2NO/c1-17-12-4-6-16(7-5-12)13-8-11(15)3-2-10(13)9-14/h2-3,8,12H,4-7,9H2,1H3. The van der Waals surface area contributed by atoms with Crippen molar-refractivity contribution in [3.8, 4) is 0 Å². The zero-order chi connectivity index (χ0) is 12.3. The molecule has 0 aromatic heterocycles. The van der Waals surface area contributed by atoms with Gasteiger partial charge in [0.25, 0.3) is 0 Å². The van der Waals surface area contributed by atoms with E-state index in [1.54, 1.807) is 0 Å². The van der Waals surface area contributed by atoms with Crippen LogP contribution in [0.15, 0.2) is 22.7 Å². The highest BCUT2D eigenvalue weighted by molar-refractivity contribution is 9.10. The van der Waals surface area contributed by atoms with Crippen LogP contribution in [0.25, 0.3) is 0 Å². The first-order chi connectivity index (χ1) is 8.24. The van der Waals surface area contributed by atoms with E-state index in [0.29, 0.717) is 6.10 Å². The van der Waals surface area contributed by atoms with Crippen molar-refractivity contribution in [2.45, 2.75) is 24.3 Å². The number of ether oxygens (including phenoxy) is 1. The van der Waals surface area contributed by atoms with Crippen molar-refractivity contribution >= 4 is 37.5 Å². The summed E-state index contributed by atoms with van der Waals surface area (Å²) in [5.41, 5.74) is 2.69. The van der Waals surface area contributed by atoms with Gasteiger partial charge < -0.3 is 9.64 Å². The van der Waals surface area contributed by atoms with Gasteiger partial charge in [0.1, 0.15) is 0 Å². The number of hydrogen-bond acceptors (Lipinski definition) is 2. The van der Waals surface area contributed by atoms with Crippen molar-refractivity contribution < 1.29 is 4.74 Å². The van der Waals surface area contributed by atoms with Crippen LogP contribution in [0, 0.1) is 0 Å². The lowest BCUT2D eigenvalue weighted by Gasteiger charge is -2.34. The fraction of sp³-hybridized carbons (Fsp3) is 0.538. The first-order valence-corrected chi connectivity index (χ1v) is 7.78. The maximum Gasteiger partial charge on any atom is 0.0605 e. The van der Waals surface area contributed by atoms with E-state index in [1.165, 1.54) is 11.3 Å². The molecule has 2 nitrogen and oxygen atoms in total. The van der Waals surface area contributed by atoms with Crippen LogP contribution in [-0.4, -0.2) is 26.3 Å². The second-order valence-electron chi connectivity index (χ2n) is 4.33. The average molecular weight is 363 g/mol. The van der Waals surface area contributed by atoms with E-state index in [9.17, 15) is 0 Å². The molecule has 0 N–H and O–H groups in total. The van der Waals surface area contributed by atoms with E-state index in [0.717, 1.165) is 35.7 Å². The predicted octanol–water partition coefficient (Wildman–Crippen LogP) is 3.96. The minimum atomic E-state index is 0.436. The van der Waals surface area contributed by atoms with Gasteiger partial charge in [0.05, 0.1) is 6.10 Å². The molecule has 94 valence electrons. The van der Waals surface area contributed by atoms with E-state index < -0.39 is 0 Å². The normalized spacial score (nSPS) is 17.5. The quantitative estimate of drug-likeness (QED) is 0.754. The SMILES string of the molecule is COC1CCN(c2cc(Br)ccc2CBr)CC1. The molecule has 1 heterocycles. The summed E-state index contributed by atoms with van der Waals surface area (Å²) in [6.45, 7) is 2.16. The van der Waals surface area contributed by atoms with Crippen LogP contribution in [0.4, 0.5) is 5.69 Å². The molecule has 0 radical (unpaired) electrons. The van der Waals surface area contributed by atoms with Crippen molar-refractivity contribution in [3.05, 3.63) is 28.2 Å². The Kier molecular flexibility index (Phi) is 4.88. The molecule has 0 bridgehead atoms. The zero-order valence-electron chi connectivity index (χ0n) is 9.96. The number of halogens is 2. The van der Waals surface area contributed by atoms with Crippen LogP contribution in [0.2, 0.25) is 0 Å². The van der Waals surface area contributed by atoms with E-state index >= 15 is 0 Å². The van der Waals surface area contributed by atoms with Crippen molar-refractivity contribution in [2.75, 3.05) is 25.1 Å². The summed E-state index contributed by atoms with van der Waals surface area (Å²) >= 11 is 7.11. The fourth-order valence-corrected chi connectivity index (χ4v) is 3.10. The van der Waals surface area contributed by atoms with E-state index in [2.05, 4.69) is 55.0 Å². The minimum Gasteiger partial charge on any atom is -0.381 e. The molecular formula is C13H17Br2NO. The van der Waals surface area contributed by atoms with Crippen LogP contribution in [0.3, 0.4) is 0 Å². The van der Waals surface area contributed by atoms with Crippen LogP contribution < -0.4 is 4.90 Å². The minimum absolute atomic E-state index is 0.436. The Morgan fingerprint density at radius 3 is 2.65 bits per heavy atom. The first-order valence-electron chi connectivity index (χ1n) is 5.86. The molecule has 4 heteroatoms. The maximum atomic E-state index is 5.41. The van der Waals surface area contributed by atoms with Crippen molar-refractivity contribution in [3.63, 3.8) is 0 Å². The summed E-state index contributed by atoms with van der Waals surface area (Å²) in [5.74, 6) is 0. The number of piperidine rings is 1. The number of nitrogens with zero attached hydrogens (tertiary/aromatic N) is 1. The molecule has 0 aliphatic carbocycles. The highest BCUT2D eigenvalue weighted by atomic mass is 79.9. The average Bonchev–Trinajstić information content (AvgIpc) is 2.39. The topological polar surface area (TPSA) is 12.5 Å². The Morgan fingerprint density at radius 2 is 2.06 bits per heavy atom. The van der Waals surface area contributed by atoms with Crippen molar-refractivity contribution in [1.29, 1.82) is 0 Å². The Labute approximate surface area is 120 Å². The molecule has 0 amide bonds. The van der Waals surface area contributed by atoms with Gasteiger partial charge in [-0.25, -0.2) is 0 Å². The summed E-state index contributed by atoms with van der Waals surface area (Å²) in [6.07, 6.45) is 2.67. The van der Waals surface area contributed by atoms with Crippen LogP contribution in [0.5, 0.6) is 0 Å². The molecule has 1 aliphatic rings. The molecule has 0 atom stereocenters. The van der Waals surface area contributed by atoms with Gasteiger partial charge in [0, 0.05) is 35.7 Å². The van der Waals surface area contributed by atoms with Crippen LogP contribution in [-0.2, 0) is 10.1 Å². The third-order valence-electron chi connectivity index (χ3n) is 3.31. The number of rotatable bonds is 3. The second kappa shape index (κ2) is 6.21. The molecule has 17 heavy (non-hydrogen) atoms. The van der Waals surface area contributed by atoms with Gasteiger partial charge in [-0.3, -0.25) is 0 Å². The maximum absolute atomic E-state index is 5.41. The third-order valence-corrected chi connectivity index (χ3v) is 4.40. The Morgan fingerprint density at radius 1 is 1.35 bits per heavy atom. The molecule has 1 saturated heterocycles. The molecule has 0 spiro atoms. The first kappa shape index (κ1) is 13.4. The van der Waals surface area contributed by atoms with Gasteiger partial charge >= 0.3 is 0 Å². The van der Waals surface area contributed by atoms with Gasteiger partial charge in [-0.15, -0.1) is 0 Å². The zero-order valence-corrected chi connectivity index (χ0v) is 13.1. The second-order valence-corrected chi connectivity index (χ2v) is 5.81. The monoisotopic (exact) mass is 361 g/mol. The van der Waals surface area contributed by atoms with Gasteiger partial charge in [-0.2, -0.15) is 0 Å². The van der Waals surface area contributed by atoms with E-state index in [1.807, 2.05) is 7.11 Å². The number of methoxy groups -OCH3 is 1. The molecule has 0 saturated carbocycles. The highest BCUT2D eigenvalue weighted by Crippen LogP contribution is 2.29. The van der Waals surface area contributed by atoms with Gasteiger partial charge in [-0.1, -0.05) is 37.9 Å².